The Morgan fingerprint density at radius 2 is 2.27 bits per heavy atom. The van der Waals surface area contributed by atoms with E-state index in [4.69, 9.17) is 26.2 Å². The van der Waals surface area contributed by atoms with Crippen molar-refractivity contribution in [3.8, 4) is 0 Å². The van der Waals surface area contributed by atoms with Gasteiger partial charge in [0.25, 0.3) is 0 Å². The Hall–Kier alpha value is -1.57. The molecule has 8 heteroatoms. The molecular formula is C14H14BrClN4O2. The van der Waals surface area contributed by atoms with Gasteiger partial charge in [-0.25, -0.2) is 4.98 Å². The summed E-state index contributed by atoms with van der Waals surface area (Å²) in [5.41, 5.74) is 7.00. The minimum absolute atomic E-state index is 0.0279. The van der Waals surface area contributed by atoms with E-state index in [0.29, 0.717) is 29.9 Å². The molecule has 116 valence electrons. The summed E-state index contributed by atoms with van der Waals surface area (Å²) in [7, 11) is 0. The van der Waals surface area contributed by atoms with E-state index in [-0.39, 0.29) is 11.3 Å². The summed E-state index contributed by atoms with van der Waals surface area (Å²) in [6.45, 7) is 2.38. The largest absolute Gasteiger partial charge is 0.467 e. The molecule has 0 radical (unpaired) electrons. The second-order valence-electron chi connectivity index (χ2n) is 4.97. The third kappa shape index (κ3) is 3.11. The zero-order valence-electron chi connectivity index (χ0n) is 11.8. The van der Waals surface area contributed by atoms with Crippen LogP contribution in [0.1, 0.15) is 18.4 Å². The van der Waals surface area contributed by atoms with Crippen LogP contribution >= 0.6 is 27.5 Å². The molecule has 0 saturated heterocycles. The van der Waals surface area contributed by atoms with Crippen LogP contribution < -0.4 is 11.1 Å². The molecule has 22 heavy (non-hydrogen) atoms. The van der Waals surface area contributed by atoms with Crippen LogP contribution in [0.25, 0.3) is 11.1 Å². The number of aromatic nitrogens is 2. The lowest BCUT2D eigenvalue weighted by atomic mass is 10.2. The van der Waals surface area contributed by atoms with Gasteiger partial charge in [0.1, 0.15) is 17.0 Å². The second kappa shape index (κ2) is 6.28. The van der Waals surface area contributed by atoms with Crippen molar-refractivity contribution in [2.45, 2.75) is 25.9 Å². The number of anilines is 1. The van der Waals surface area contributed by atoms with Gasteiger partial charge < -0.3 is 19.9 Å². The Labute approximate surface area is 140 Å². The predicted octanol–water partition coefficient (Wildman–Crippen LogP) is 3.73. The van der Waals surface area contributed by atoms with Crippen molar-refractivity contribution in [2.75, 3.05) is 5.32 Å². The van der Waals surface area contributed by atoms with E-state index in [1.165, 1.54) is 0 Å². The van der Waals surface area contributed by atoms with Gasteiger partial charge in [-0.2, -0.15) is 4.98 Å². The van der Waals surface area contributed by atoms with Crippen molar-refractivity contribution in [3.63, 3.8) is 0 Å². The molecule has 3 heterocycles. The quantitative estimate of drug-likeness (QED) is 0.650. The number of hydrogen-bond acceptors (Lipinski definition) is 6. The van der Waals surface area contributed by atoms with Gasteiger partial charge in [0.15, 0.2) is 11.4 Å². The van der Waals surface area contributed by atoms with Crippen LogP contribution in [0, 0.1) is 0 Å². The average Bonchev–Trinajstić information content (AvgIpc) is 3.07. The summed E-state index contributed by atoms with van der Waals surface area (Å²) in [6.07, 6.45) is 2.20. The summed E-state index contributed by atoms with van der Waals surface area (Å²) in [5, 5.41) is 3.29. The number of furan rings is 2. The van der Waals surface area contributed by atoms with Crippen molar-refractivity contribution in [2.24, 2.45) is 5.73 Å². The van der Waals surface area contributed by atoms with E-state index in [1.54, 1.807) is 6.26 Å². The van der Waals surface area contributed by atoms with E-state index in [1.807, 2.05) is 19.1 Å². The molecule has 3 N–H and O–H groups in total. The maximum atomic E-state index is 6.00. The maximum absolute atomic E-state index is 6.00. The van der Waals surface area contributed by atoms with Crippen LogP contribution in [0.5, 0.6) is 0 Å². The first-order valence-corrected chi connectivity index (χ1v) is 7.88. The van der Waals surface area contributed by atoms with Crippen molar-refractivity contribution in [3.05, 3.63) is 39.7 Å². The van der Waals surface area contributed by atoms with Crippen molar-refractivity contribution in [1.82, 2.24) is 9.97 Å². The number of nitrogens with two attached hydrogens (primary N) is 1. The lowest BCUT2D eigenvalue weighted by molar-refractivity contribution is 0.515. The van der Waals surface area contributed by atoms with E-state index >= 15 is 0 Å². The Bertz CT molecular complexity index is 786. The molecule has 3 rings (SSSR count). The van der Waals surface area contributed by atoms with Gasteiger partial charge in [-0.3, -0.25) is 0 Å². The Morgan fingerprint density at radius 3 is 2.95 bits per heavy atom. The first-order valence-electron chi connectivity index (χ1n) is 6.71. The molecule has 0 aliphatic heterocycles. The van der Waals surface area contributed by atoms with Gasteiger partial charge >= 0.3 is 0 Å². The topological polar surface area (TPSA) is 90.1 Å². The zero-order valence-corrected chi connectivity index (χ0v) is 14.1. The minimum atomic E-state index is -0.0279. The number of halogens is 2. The lowest BCUT2D eigenvalue weighted by Gasteiger charge is -2.04. The molecule has 0 aliphatic rings. The van der Waals surface area contributed by atoms with Gasteiger partial charge in [-0.15, -0.1) is 0 Å². The molecule has 0 unspecified atom stereocenters. The normalized spacial score (nSPS) is 12.7. The summed E-state index contributed by atoms with van der Waals surface area (Å²) >= 11 is 9.49. The minimum Gasteiger partial charge on any atom is -0.467 e. The third-order valence-corrected chi connectivity index (χ3v) is 4.02. The van der Waals surface area contributed by atoms with Crippen molar-refractivity contribution >= 4 is 44.4 Å². The molecule has 0 aromatic carbocycles. The highest BCUT2D eigenvalue weighted by molar-refractivity contribution is 9.10. The predicted molar refractivity (Wildman–Crippen MR) is 87.9 cm³/mol. The number of nitrogens with one attached hydrogen (secondary N) is 1. The van der Waals surface area contributed by atoms with E-state index in [0.717, 1.165) is 16.0 Å². The van der Waals surface area contributed by atoms with Crippen molar-refractivity contribution in [1.29, 1.82) is 0 Å². The summed E-state index contributed by atoms with van der Waals surface area (Å²) in [4.78, 5) is 8.41. The average molecular weight is 386 g/mol. The van der Waals surface area contributed by atoms with Crippen LogP contribution in [0.3, 0.4) is 0 Å². The number of fused-ring (bicyclic) bond motifs is 1. The van der Waals surface area contributed by atoms with Gasteiger partial charge in [0, 0.05) is 12.5 Å². The van der Waals surface area contributed by atoms with Crippen LogP contribution in [0.15, 0.2) is 31.7 Å². The SMILES string of the molecule is C[C@H](N)Cc1oc2c(NCc3ccco3)nc(Cl)nc2c1Br. The van der Waals surface area contributed by atoms with E-state index in [9.17, 15) is 0 Å². The summed E-state index contributed by atoms with van der Waals surface area (Å²) in [6, 6.07) is 3.66. The zero-order chi connectivity index (χ0) is 15.7. The molecule has 0 aliphatic carbocycles. The van der Waals surface area contributed by atoms with Crippen molar-refractivity contribution < 1.29 is 8.83 Å². The molecule has 0 amide bonds. The highest BCUT2D eigenvalue weighted by atomic mass is 79.9. The van der Waals surface area contributed by atoms with Gasteiger partial charge in [-0.1, -0.05) is 0 Å². The van der Waals surface area contributed by atoms with Crippen LogP contribution in [0.2, 0.25) is 5.28 Å². The Kier molecular flexibility index (Phi) is 4.37. The molecular weight excluding hydrogens is 372 g/mol. The molecule has 0 saturated carbocycles. The van der Waals surface area contributed by atoms with E-state index in [2.05, 4.69) is 31.2 Å². The smallest absolute Gasteiger partial charge is 0.225 e. The molecule has 6 nitrogen and oxygen atoms in total. The summed E-state index contributed by atoms with van der Waals surface area (Å²) < 4.78 is 11.9. The first kappa shape index (κ1) is 15.3. The monoisotopic (exact) mass is 384 g/mol. The number of hydrogen-bond donors (Lipinski definition) is 2. The standard InChI is InChI=1S/C14H14BrClN4O2/c1-7(17)5-9-10(15)11-12(22-9)13(20-14(16)19-11)18-6-8-3-2-4-21-8/h2-4,7H,5-6,17H2,1H3,(H,18,19,20)/t7-/m0/s1. The van der Waals surface area contributed by atoms with Gasteiger partial charge in [0.2, 0.25) is 5.28 Å². The van der Waals surface area contributed by atoms with Crippen LogP contribution in [-0.2, 0) is 13.0 Å². The highest BCUT2D eigenvalue weighted by Gasteiger charge is 2.19. The number of rotatable bonds is 5. The fraction of sp³-hybridized carbons (Fsp3) is 0.286. The van der Waals surface area contributed by atoms with Crippen LogP contribution in [-0.4, -0.2) is 16.0 Å². The highest BCUT2D eigenvalue weighted by Crippen LogP contribution is 2.34. The first-order chi connectivity index (χ1) is 10.5. The lowest BCUT2D eigenvalue weighted by Crippen LogP contribution is -2.17. The molecule has 3 aromatic rings. The fourth-order valence-corrected chi connectivity index (χ4v) is 2.78. The van der Waals surface area contributed by atoms with Crippen LogP contribution in [0.4, 0.5) is 5.82 Å². The van der Waals surface area contributed by atoms with Gasteiger partial charge in [0.05, 0.1) is 17.3 Å². The second-order valence-corrected chi connectivity index (χ2v) is 6.10. The maximum Gasteiger partial charge on any atom is 0.225 e. The van der Waals surface area contributed by atoms with E-state index < -0.39 is 0 Å². The Balaban J connectivity index is 1.98. The number of nitrogens with zero attached hydrogens (tertiary/aromatic N) is 2. The molecule has 3 aromatic heterocycles. The molecule has 1 atom stereocenters. The molecule has 0 spiro atoms. The molecule has 0 bridgehead atoms. The fourth-order valence-electron chi connectivity index (χ4n) is 2.10. The Morgan fingerprint density at radius 1 is 1.45 bits per heavy atom. The summed E-state index contributed by atoms with van der Waals surface area (Å²) in [5.74, 6) is 2.02. The molecule has 0 fully saturated rings. The third-order valence-electron chi connectivity index (χ3n) is 3.03. The van der Waals surface area contributed by atoms with Gasteiger partial charge in [-0.05, 0) is 46.6 Å².